The van der Waals surface area contributed by atoms with E-state index in [1.807, 2.05) is 18.2 Å². The number of hydrogen-bond donors (Lipinski definition) is 2. The summed E-state index contributed by atoms with van der Waals surface area (Å²) in [4.78, 5) is 11.6. The second-order valence-corrected chi connectivity index (χ2v) is 5.46. The Kier molecular flexibility index (Phi) is 7.31. The Balaban J connectivity index is 2.43. The molecule has 3 heteroatoms. The lowest BCUT2D eigenvalue weighted by atomic mass is 9.87. The van der Waals surface area contributed by atoms with E-state index in [-0.39, 0.29) is 0 Å². The van der Waals surface area contributed by atoms with Crippen LogP contribution in [0, 0.1) is 0 Å². The van der Waals surface area contributed by atoms with Gasteiger partial charge in [0, 0.05) is 0 Å². The average Bonchev–Trinajstić information content (AvgIpc) is 2.46. The van der Waals surface area contributed by atoms with Crippen molar-refractivity contribution in [1.29, 1.82) is 0 Å². The molecule has 1 atom stereocenters. The van der Waals surface area contributed by atoms with Gasteiger partial charge in [0.2, 0.25) is 0 Å². The van der Waals surface area contributed by atoms with Gasteiger partial charge in [0.15, 0.2) is 5.60 Å². The third-order valence-electron chi connectivity index (χ3n) is 3.80. The molecule has 3 nitrogen and oxygen atoms in total. The lowest BCUT2D eigenvalue weighted by Gasteiger charge is -2.25. The Bertz CT molecular complexity index is 391. The molecule has 1 amide bonds. The number of amides is 1. The normalized spacial score (nSPS) is 13.9. The third kappa shape index (κ3) is 4.97. The van der Waals surface area contributed by atoms with Crippen LogP contribution in [0.5, 0.6) is 0 Å². The molecule has 0 aliphatic rings. The van der Waals surface area contributed by atoms with Gasteiger partial charge in [-0.1, -0.05) is 75.8 Å². The number of rotatable bonds is 10. The number of carbonyl (C=O) groups excluding carboxylic acids is 1. The maximum absolute atomic E-state index is 11.6. The summed E-state index contributed by atoms with van der Waals surface area (Å²) in [6.45, 7) is 2.20. The zero-order valence-corrected chi connectivity index (χ0v) is 12.5. The van der Waals surface area contributed by atoms with E-state index >= 15 is 0 Å². The Morgan fingerprint density at radius 3 is 2.15 bits per heavy atom. The summed E-state index contributed by atoms with van der Waals surface area (Å²) < 4.78 is 0. The Hall–Kier alpha value is -1.35. The van der Waals surface area contributed by atoms with Gasteiger partial charge in [-0.15, -0.1) is 0 Å². The number of carbonyl (C=O) groups is 1. The highest BCUT2D eigenvalue weighted by Crippen LogP contribution is 2.27. The minimum atomic E-state index is -1.52. The molecular formula is C17H27NO2. The van der Waals surface area contributed by atoms with E-state index < -0.39 is 11.5 Å². The Morgan fingerprint density at radius 1 is 1.05 bits per heavy atom. The van der Waals surface area contributed by atoms with Crippen LogP contribution in [0.25, 0.3) is 0 Å². The molecular weight excluding hydrogens is 250 g/mol. The maximum Gasteiger partial charge on any atom is 0.254 e. The topological polar surface area (TPSA) is 63.3 Å². The molecule has 0 aliphatic heterocycles. The van der Waals surface area contributed by atoms with Gasteiger partial charge in [-0.25, -0.2) is 0 Å². The number of benzene rings is 1. The smallest absolute Gasteiger partial charge is 0.254 e. The van der Waals surface area contributed by atoms with Crippen LogP contribution >= 0.6 is 0 Å². The minimum Gasteiger partial charge on any atom is -0.375 e. The molecule has 1 unspecified atom stereocenters. The molecule has 0 heterocycles. The molecule has 0 spiro atoms. The van der Waals surface area contributed by atoms with Crippen molar-refractivity contribution < 1.29 is 9.90 Å². The molecule has 0 bridgehead atoms. The van der Waals surface area contributed by atoms with Crippen molar-refractivity contribution in [1.82, 2.24) is 0 Å². The van der Waals surface area contributed by atoms with E-state index in [1.165, 1.54) is 25.7 Å². The van der Waals surface area contributed by atoms with Crippen molar-refractivity contribution in [3.05, 3.63) is 35.9 Å². The number of nitrogens with two attached hydrogens (primary N) is 1. The highest BCUT2D eigenvalue weighted by molar-refractivity contribution is 5.84. The third-order valence-corrected chi connectivity index (χ3v) is 3.80. The predicted molar refractivity (Wildman–Crippen MR) is 82.1 cm³/mol. The molecule has 0 aliphatic carbocycles. The molecule has 0 aromatic heterocycles. The second kappa shape index (κ2) is 8.75. The first-order chi connectivity index (χ1) is 9.61. The van der Waals surface area contributed by atoms with E-state index in [2.05, 4.69) is 6.92 Å². The fourth-order valence-electron chi connectivity index (χ4n) is 2.46. The van der Waals surface area contributed by atoms with Gasteiger partial charge in [-0.2, -0.15) is 0 Å². The molecule has 20 heavy (non-hydrogen) atoms. The quantitative estimate of drug-likeness (QED) is 0.643. The van der Waals surface area contributed by atoms with Crippen LogP contribution in [-0.4, -0.2) is 11.0 Å². The Morgan fingerprint density at radius 2 is 1.60 bits per heavy atom. The summed E-state index contributed by atoms with van der Waals surface area (Å²) in [6, 6.07) is 9.00. The largest absolute Gasteiger partial charge is 0.375 e. The Labute approximate surface area is 122 Å². The van der Waals surface area contributed by atoms with Crippen molar-refractivity contribution in [2.75, 3.05) is 0 Å². The minimum absolute atomic E-state index is 0.403. The van der Waals surface area contributed by atoms with E-state index in [4.69, 9.17) is 5.73 Å². The van der Waals surface area contributed by atoms with E-state index in [0.29, 0.717) is 12.0 Å². The average molecular weight is 277 g/mol. The highest BCUT2D eigenvalue weighted by atomic mass is 16.3. The number of unbranched alkanes of at least 4 members (excludes halogenated alkanes) is 6. The van der Waals surface area contributed by atoms with Crippen LogP contribution in [0.15, 0.2) is 30.3 Å². The first-order valence-corrected chi connectivity index (χ1v) is 7.69. The van der Waals surface area contributed by atoms with Crippen LogP contribution in [0.2, 0.25) is 0 Å². The zero-order valence-electron chi connectivity index (χ0n) is 12.5. The lowest BCUT2D eigenvalue weighted by molar-refractivity contribution is -0.138. The van der Waals surface area contributed by atoms with Crippen LogP contribution in [0.4, 0.5) is 0 Å². The fourth-order valence-corrected chi connectivity index (χ4v) is 2.46. The van der Waals surface area contributed by atoms with E-state index in [0.717, 1.165) is 19.3 Å². The molecule has 0 saturated heterocycles. The molecule has 1 rings (SSSR count). The van der Waals surface area contributed by atoms with Crippen molar-refractivity contribution in [3.8, 4) is 0 Å². The van der Waals surface area contributed by atoms with E-state index in [1.54, 1.807) is 12.1 Å². The van der Waals surface area contributed by atoms with Gasteiger partial charge in [0.25, 0.3) is 5.91 Å². The van der Waals surface area contributed by atoms with Crippen molar-refractivity contribution in [2.45, 2.75) is 63.9 Å². The summed E-state index contributed by atoms with van der Waals surface area (Å²) >= 11 is 0. The van der Waals surface area contributed by atoms with E-state index in [9.17, 15) is 9.90 Å². The summed E-state index contributed by atoms with van der Waals surface area (Å²) in [6.07, 6.45) is 8.45. The summed E-state index contributed by atoms with van der Waals surface area (Å²) in [5.41, 5.74) is 4.47. The van der Waals surface area contributed by atoms with Crippen molar-refractivity contribution in [2.24, 2.45) is 5.73 Å². The van der Waals surface area contributed by atoms with Gasteiger partial charge in [-0.05, 0) is 18.4 Å². The molecule has 1 aromatic carbocycles. The first-order valence-electron chi connectivity index (χ1n) is 7.69. The molecule has 3 N–H and O–H groups in total. The standard InChI is InChI=1S/C17H27NO2/c1-2-3-4-5-6-7-11-14-17(20,16(18)19)15-12-9-8-10-13-15/h8-10,12-13,20H,2-7,11,14H2,1H3,(H2,18,19). The van der Waals surface area contributed by atoms with Crippen LogP contribution < -0.4 is 5.73 Å². The fraction of sp³-hybridized carbons (Fsp3) is 0.588. The summed E-state index contributed by atoms with van der Waals surface area (Å²) in [5, 5.41) is 10.5. The number of primary amides is 1. The molecule has 0 saturated carbocycles. The highest BCUT2D eigenvalue weighted by Gasteiger charge is 2.34. The summed E-state index contributed by atoms with van der Waals surface area (Å²) in [7, 11) is 0. The molecule has 1 aromatic rings. The van der Waals surface area contributed by atoms with Gasteiger partial charge < -0.3 is 10.8 Å². The lowest BCUT2D eigenvalue weighted by Crippen LogP contribution is -2.41. The molecule has 0 radical (unpaired) electrons. The van der Waals surface area contributed by atoms with Gasteiger partial charge >= 0.3 is 0 Å². The monoisotopic (exact) mass is 277 g/mol. The number of hydrogen-bond acceptors (Lipinski definition) is 2. The summed E-state index contributed by atoms with van der Waals surface area (Å²) in [5.74, 6) is -0.658. The second-order valence-electron chi connectivity index (χ2n) is 5.46. The SMILES string of the molecule is CCCCCCCCCC(O)(C(N)=O)c1ccccc1. The first kappa shape index (κ1) is 16.7. The number of aliphatic hydroxyl groups is 1. The van der Waals surface area contributed by atoms with Crippen LogP contribution in [0.3, 0.4) is 0 Å². The van der Waals surface area contributed by atoms with Gasteiger partial charge in [0.05, 0.1) is 0 Å². The predicted octanol–water partition coefficient (Wildman–Crippen LogP) is 3.50. The van der Waals surface area contributed by atoms with Gasteiger partial charge in [-0.3, -0.25) is 4.79 Å². The van der Waals surface area contributed by atoms with Crippen LogP contribution in [-0.2, 0) is 10.4 Å². The van der Waals surface area contributed by atoms with Crippen LogP contribution in [0.1, 0.15) is 63.9 Å². The zero-order chi connectivity index (χ0) is 14.8. The molecule has 112 valence electrons. The van der Waals surface area contributed by atoms with Crippen molar-refractivity contribution >= 4 is 5.91 Å². The van der Waals surface area contributed by atoms with Crippen molar-refractivity contribution in [3.63, 3.8) is 0 Å². The molecule has 0 fully saturated rings. The van der Waals surface area contributed by atoms with Gasteiger partial charge in [0.1, 0.15) is 0 Å². The maximum atomic E-state index is 11.6.